The molecule has 7 rings (SSSR count). The van der Waals surface area contributed by atoms with Crippen molar-refractivity contribution < 1.29 is 91.9 Å². The fourth-order valence-corrected chi connectivity index (χ4v) is 7.06. The molecule has 0 aliphatic carbocycles. The Morgan fingerprint density at radius 2 is 1.03 bits per heavy atom. The maximum atomic E-state index is 14.0. The van der Waals surface area contributed by atoms with Crippen molar-refractivity contribution in [2.24, 2.45) is 15.3 Å². The van der Waals surface area contributed by atoms with Crippen LogP contribution in [0.2, 0.25) is 20.1 Å². The number of rotatable bonds is 6. The van der Waals surface area contributed by atoms with E-state index in [2.05, 4.69) is 30.8 Å². The standard InChI is InChI=1S/C19H12Cl2F6N2O.C18H9Cl2F6N5O.N3.Na/c1-10(18(22,23)24)28-15-4-2-11(3-5-15)16-9-17(30-29-16,19(25,26)27)12-6-13(20)8-14(21)7-12;19-11-5-10(6-12(20)7-11)16(18(24,25)26)8-14(28-32-16)9-1-3-13(4-2-9)31-15(17(21,22)23)27-29-30-31;1-3-2;/h2-8H,9H2,1H3;1-7H,8H2;;/q;;-1;+1. The van der Waals surface area contributed by atoms with Crippen LogP contribution in [-0.2, 0) is 27.1 Å². The van der Waals surface area contributed by atoms with Crippen molar-refractivity contribution in [3.05, 3.63) is 149 Å². The molecule has 0 spiro atoms. The van der Waals surface area contributed by atoms with Crippen LogP contribution in [0.4, 0.5) is 58.4 Å². The van der Waals surface area contributed by atoms with Gasteiger partial charge in [0.15, 0.2) is 0 Å². The third-order valence-corrected chi connectivity index (χ3v) is 9.98. The van der Waals surface area contributed by atoms with Gasteiger partial charge >= 0.3 is 54.3 Å². The van der Waals surface area contributed by atoms with E-state index in [1.807, 2.05) is 0 Å². The summed E-state index contributed by atoms with van der Waals surface area (Å²) < 4.78 is 161. The van der Waals surface area contributed by atoms with E-state index in [0.29, 0.717) is 4.68 Å². The van der Waals surface area contributed by atoms with Crippen LogP contribution in [-0.4, -0.2) is 55.9 Å². The van der Waals surface area contributed by atoms with Crippen LogP contribution in [0, 0.1) is 0 Å². The van der Waals surface area contributed by atoms with Gasteiger partial charge in [-0.25, -0.2) is 4.99 Å². The first-order chi connectivity index (χ1) is 30.1. The van der Waals surface area contributed by atoms with Crippen molar-refractivity contribution in [2.45, 2.75) is 55.7 Å². The van der Waals surface area contributed by atoms with Crippen LogP contribution < -0.4 is 29.6 Å². The molecule has 29 heteroatoms. The van der Waals surface area contributed by atoms with Gasteiger partial charge in [0.1, 0.15) is 5.71 Å². The Kier molecular flexibility index (Phi) is 16.8. The third-order valence-electron chi connectivity index (χ3n) is 9.11. The Morgan fingerprint density at radius 3 is 1.38 bits per heavy atom. The van der Waals surface area contributed by atoms with Gasteiger partial charge in [-0.3, -0.25) is 4.91 Å². The van der Waals surface area contributed by atoms with Gasteiger partial charge in [-0.1, -0.05) is 81.0 Å². The normalized spacial score (nSPS) is 18.5. The molecule has 0 bridgehead atoms. The molecule has 1 aromatic heterocycles. The second-order valence-corrected chi connectivity index (χ2v) is 15.1. The number of hydrogen-bond donors (Lipinski definition) is 0. The number of tetrazole rings is 1. The SMILES string of the molecule is CC(=Nc1ccc(C2=NOC(c3cc(Cl)cc(Cl)c3)(C(F)(F)F)C2)cc1)C(F)(F)F.FC(F)(F)c1nnnn1-c1ccc(C2=NOC(c3cc(Cl)cc(Cl)c3)(C(F)(F)F)C2)cc1.[N-]=[N+]=[N-].[Na+]. The van der Waals surface area contributed by atoms with Crippen LogP contribution in [0.25, 0.3) is 21.7 Å². The number of benzene rings is 4. The zero-order valence-electron chi connectivity index (χ0n) is 32.8. The van der Waals surface area contributed by atoms with E-state index in [9.17, 15) is 52.7 Å². The second-order valence-electron chi connectivity index (χ2n) is 13.4. The minimum Gasteiger partial charge on any atom is -0.374 e. The molecule has 0 fully saturated rings. The fraction of sp³-hybridized carbons (Fsp3) is 0.243. The Hall–Kier alpha value is -4.81. The van der Waals surface area contributed by atoms with Gasteiger partial charge in [0.25, 0.3) is 17.0 Å². The average Bonchev–Trinajstić information content (AvgIpc) is 3.98. The van der Waals surface area contributed by atoms with Crippen molar-refractivity contribution in [3.8, 4) is 5.69 Å². The minimum absolute atomic E-state index is 0. The van der Waals surface area contributed by atoms with Gasteiger partial charge in [-0.15, -0.1) is 5.10 Å². The molecule has 2 aliphatic heterocycles. The van der Waals surface area contributed by atoms with Crippen molar-refractivity contribution >= 4 is 69.2 Å². The molecule has 2 aliphatic rings. The molecular formula is C37H21Cl4F12N10NaO2. The summed E-state index contributed by atoms with van der Waals surface area (Å²) in [4.78, 5) is 14.7. The van der Waals surface area contributed by atoms with Crippen LogP contribution in [0.1, 0.15) is 47.8 Å². The van der Waals surface area contributed by atoms with Crippen LogP contribution in [0.3, 0.4) is 0 Å². The van der Waals surface area contributed by atoms with Gasteiger partial charge in [0.2, 0.25) is 0 Å². The molecular weight excluding hydrogens is 1010 g/mol. The topological polar surface area (TPSA) is 158 Å². The molecule has 2 unspecified atom stereocenters. The maximum Gasteiger partial charge on any atom is 1.00 e. The first-order valence-corrected chi connectivity index (χ1v) is 18.9. The quantitative estimate of drug-likeness (QED) is 0.0413. The summed E-state index contributed by atoms with van der Waals surface area (Å²) in [5.74, 6) is -1.35. The molecule has 344 valence electrons. The van der Waals surface area contributed by atoms with Gasteiger partial charge in [-0.05, 0) is 89.1 Å². The van der Waals surface area contributed by atoms with Gasteiger partial charge in [-0.2, -0.15) is 57.4 Å². The smallest absolute Gasteiger partial charge is 0.374 e. The predicted octanol–water partition coefficient (Wildman–Crippen LogP) is 10.7. The minimum atomic E-state index is -4.87. The van der Waals surface area contributed by atoms with Crippen molar-refractivity contribution in [2.75, 3.05) is 0 Å². The fourth-order valence-electron chi connectivity index (χ4n) is 6.01. The average molecular weight is 1030 g/mol. The first-order valence-electron chi connectivity index (χ1n) is 17.4. The largest absolute Gasteiger partial charge is 1.00 e. The van der Waals surface area contributed by atoms with Crippen molar-refractivity contribution in [3.63, 3.8) is 0 Å². The van der Waals surface area contributed by atoms with E-state index in [0.717, 1.165) is 31.2 Å². The molecule has 0 amide bonds. The molecule has 12 nitrogen and oxygen atoms in total. The molecule has 4 aromatic carbocycles. The summed E-state index contributed by atoms with van der Waals surface area (Å²) in [7, 11) is 0. The van der Waals surface area contributed by atoms with Crippen LogP contribution >= 0.6 is 46.4 Å². The Morgan fingerprint density at radius 1 is 0.652 bits per heavy atom. The molecule has 0 radical (unpaired) electrons. The second kappa shape index (κ2) is 20.6. The number of hydrogen-bond acceptors (Lipinski definition) is 8. The maximum absolute atomic E-state index is 14.0. The summed E-state index contributed by atoms with van der Waals surface area (Å²) in [6.45, 7) is 0.816. The summed E-state index contributed by atoms with van der Waals surface area (Å²) >= 11 is 23.4. The zero-order valence-corrected chi connectivity index (χ0v) is 37.9. The monoisotopic (exact) mass is 1030 g/mol. The summed E-state index contributed by atoms with van der Waals surface area (Å²) in [6, 6.07) is 17.1. The zero-order chi connectivity index (χ0) is 48.3. The van der Waals surface area contributed by atoms with Gasteiger partial charge in [0.05, 0.1) is 22.8 Å². The Balaban J connectivity index is 0.000000269. The van der Waals surface area contributed by atoms with E-state index < -0.39 is 60.3 Å². The predicted molar refractivity (Wildman–Crippen MR) is 212 cm³/mol. The number of aliphatic imine (C=N–C) groups is 1. The Labute approximate surface area is 404 Å². The molecule has 0 N–H and O–H groups in total. The molecule has 0 saturated carbocycles. The van der Waals surface area contributed by atoms with Crippen molar-refractivity contribution in [1.82, 2.24) is 20.2 Å². The number of halogens is 16. The summed E-state index contributed by atoms with van der Waals surface area (Å²) in [5, 5.41) is 16.4. The van der Waals surface area contributed by atoms with E-state index >= 15 is 0 Å². The number of nitrogens with zero attached hydrogens (tertiary/aromatic N) is 10. The molecule has 3 heterocycles. The van der Waals surface area contributed by atoms with E-state index in [-0.39, 0.29) is 94.7 Å². The first kappa shape index (κ1) is 53.8. The number of alkyl halides is 12. The van der Waals surface area contributed by atoms with E-state index in [4.69, 9.17) is 67.1 Å². The number of oxime groups is 2. The number of aromatic nitrogens is 4. The van der Waals surface area contributed by atoms with E-state index in [1.165, 1.54) is 65.6 Å². The third kappa shape index (κ3) is 12.0. The van der Waals surface area contributed by atoms with E-state index in [1.54, 1.807) is 0 Å². The van der Waals surface area contributed by atoms with Crippen LogP contribution in [0.5, 0.6) is 0 Å². The van der Waals surface area contributed by atoms with Gasteiger partial charge in [0, 0.05) is 44.1 Å². The van der Waals surface area contributed by atoms with Crippen molar-refractivity contribution in [1.29, 1.82) is 0 Å². The summed E-state index contributed by atoms with van der Waals surface area (Å²) in [5.41, 5.74) is 6.48. The Bertz CT molecular complexity index is 2630. The molecule has 66 heavy (non-hydrogen) atoms. The molecule has 0 saturated heterocycles. The van der Waals surface area contributed by atoms with Gasteiger partial charge < -0.3 is 20.7 Å². The van der Waals surface area contributed by atoms with Crippen LogP contribution in [0.15, 0.2) is 100 Å². The molecule has 2 atom stereocenters. The summed E-state index contributed by atoms with van der Waals surface area (Å²) in [6.07, 6.45) is -20.5. The molecule has 5 aromatic rings.